The largest absolute Gasteiger partial charge is 0.343 e. The first-order valence-corrected chi connectivity index (χ1v) is 3.74. The molecule has 1 saturated heterocycles. The lowest BCUT2D eigenvalue weighted by Crippen LogP contribution is -2.48. The predicted octanol–water partition coefficient (Wildman–Crippen LogP) is 0.253. The lowest BCUT2D eigenvalue weighted by Gasteiger charge is -2.33. The molecule has 0 spiro atoms. The lowest BCUT2D eigenvalue weighted by molar-refractivity contribution is -0.131. The molecule has 0 aliphatic carbocycles. The van der Waals surface area contributed by atoms with Gasteiger partial charge in [-0.25, -0.2) is 4.39 Å². The van der Waals surface area contributed by atoms with Gasteiger partial charge in [-0.3, -0.25) is 10.5 Å². The van der Waals surface area contributed by atoms with Gasteiger partial charge >= 0.3 is 0 Å². The molecule has 0 aromatic heterocycles. The highest BCUT2D eigenvalue weighted by Crippen LogP contribution is 2.20. The van der Waals surface area contributed by atoms with Crippen molar-refractivity contribution in [3.05, 3.63) is 0 Å². The van der Waals surface area contributed by atoms with Crippen LogP contribution in [-0.2, 0) is 4.79 Å². The van der Waals surface area contributed by atoms with Crippen LogP contribution in [0.25, 0.3) is 0 Å². The Balaban J connectivity index is 2.42. The molecule has 2 N–H and O–H groups in total. The summed E-state index contributed by atoms with van der Waals surface area (Å²) in [5, 5.41) is 0. The first kappa shape index (κ1) is 8.46. The molecule has 0 saturated carbocycles. The Bertz CT molecular complexity index is 160. The molecule has 1 rings (SSSR count). The van der Waals surface area contributed by atoms with Crippen LogP contribution in [0.1, 0.15) is 19.8 Å². The summed E-state index contributed by atoms with van der Waals surface area (Å²) in [6.07, 6.45) is 0.513. The Labute approximate surface area is 65.3 Å². The Kier molecular flexibility index (Phi) is 2.13. The fraction of sp³-hybridized carbons (Fsp3) is 0.857. The van der Waals surface area contributed by atoms with Crippen molar-refractivity contribution < 1.29 is 9.18 Å². The van der Waals surface area contributed by atoms with Crippen LogP contribution in [0.15, 0.2) is 0 Å². The molecule has 4 heteroatoms. The van der Waals surface area contributed by atoms with Crippen molar-refractivity contribution >= 4 is 5.91 Å². The number of nitrogens with zero attached hydrogens (tertiary/aromatic N) is 1. The first-order valence-electron chi connectivity index (χ1n) is 3.74. The second kappa shape index (κ2) is 2.77. The van der Waals surface area contributed by atoms with Gasteiger partial charge in [-0.05, 0) is 0 Å². The van der Waals surface area contributed by atoms with E-state index < -0.39 is 5.79 Å². The van der Waals surface area contributed by atoms with Crippen molar-refractivity contribution in [2.24, 2.45) is 5.73 Å². The number of alkyl halides is 1. The minimum absolute atomic E-state index is 0.000463. The third kappa shape index (κ3) is 2.15. The Morgan fingerprint density at radius 3 is 2.36 bits per heavy atom. The second-order valence-corrected chi connectivity index (χ2v) is 3.04. The van der Waals surface area contributed by atoms with Crippen molar-refractivity contribution in [2.75, 3.05) is 13.1 Å². The zero-order chi connectivity index (χ0) is 8.48. The third-order valence-corrected chi connectivity index (χ3v) is 2.04. The van der Waals surface area contributed by atoms with Crippen LogP contribution in [0.3, 0.4) is 0 Å². The molecule has 11 heavy (non-hydrogen) atoms. The summed E-state index contributed by atoms with van der Waals surface area (Å²) >= 11 is 0. The topological polar surface area (TPSA) is 46.3 Å². The maximum atomic E-state index is 12.9. The smallest absolute Gasteiger partial charge is 0.219 e. The number of piperidine rings is 1. The van der Waals surface area contributed by atoms with Crippen molar-refractivity contribution in [1.29, 1.82) is 0 Å². The molecule has 0 unspecified atom stereocenters. The maximum absolute atomic E-state index is 12.9. The van der Waals surface area contributed by atoms with Gasteiger partial charge in [0.1, 0.15) is 0 Å². The van der Waals surface area contributed by atoms with Crippen LogP contribution in [0.4, 0.5) is 4.39 Å². The van der Waals surface area contributed by atoms with Gasteiger partial charge in [0.2, 0.25) is 5.91 Å². The van der Waals surface area contributed by atoms with Crippen molar-refractivity contribution in [3.63, 3.8) is 0 Å². The van der Waals surface area contributed by atoms with E-state index in [-0.39, 0.29) is 18.7 Å². The number of carbonyl (C=O) groups is 1. The molecule has 0 radical (unpaired) electrons. The molecule has 0 aromatic carbocycles. The number of hydrogen-bond acceptors (Lipinski definition) is 2. The quantitative estimate of drug-likeness (QED) is 0.516. The first-order chi connectivity index (χ1) is 5.01. The number of nitrogens with two attached hydrogens (primary N) is 1. The minimum Gasteiger partial charge on any atom is -0.343 e. The van der Waals surface area contributed by atoms with Crippen LogP contribution in [0.2, 0.25) is 0 Å². The van der Waals surface area contributed by atoms with Gasteiger partial charge in [0, 0.05) is 32.9 Å². The zero-order valence-electron chi connectivity index (χ0n) is 6.64. The standard InChI is InChI=1S/C7H13FN2O/c1-6(11)10-4-2-7(8,9)3-5-10/h2-5,9H2,1H3. The van der Waals surface area contributed by atoms with E-state index in [0.29, 0.717) is 13.1 Å². The fourth-order valence-electron chi connectivity index (χ4n) is 1.19. The van der Waals surface area contributed by atoms with E-state index in [1.54, 1.807) is 4.90 Å². The molecule has 64 valence electrons. The van der Waals surface area contributed by atoms with E-state index in [1.165, 1.54) is 6.92 Å². The van der Waals surface area contributed by atoms with Gasteiger partial charge in [-0.2, -0.15) is 0 Å². The van der Waals surface area contributed by atoms with Gasteiger partial charge < -0.3 is 4.90 Å². The highest BCUT2D eigenvalue weighted by molar-refractivity contribution is 5.73. The fourth-order valence-corrected chi connectivity index (χ4v) is 1.19. The van der Waals surface area contributed by atoms with Crippen molar-refractivity contribution in [2.45, 2.75) is 25.6 Å². The summed E-state index contributed by atoms with van der Waals surface area (Å²) in [5.74, 6) is -1.55. The average molecular weight is 160 g/mol. The number of amides is 1. The number of hydrogen-bond donors (Lipinski definition) is 1. The van der Waals surface area contributed by atoms with Gasteiger partial charge in [0.05, 0.1) is 0 Å². The van der Waals surface area contributed by atoms with Crippen LogP contribution >= 0.6 is 0 Å². The Hall–Kier alpha value is -0.640. The van der Waals surface area contributed by atoms with Crippen LogP contribution in [-0.4, -0.2) is 29.7 Å². The Morgan fingerprint density at radius 1 is 1.55 bits per heavy atom. The summed E-state index contributed by atoms with van der Waals surface area (Å²) in [4.78, 5) is 12.4. The van der Waals surface area contributed by atoms with Gasteiger partial charge in [-0.1, -0.05) is 0 Å². The SMILES string of the molecule is CC(=O)N1CCC(N)(F)CC1. The number of likely N-dealkylation sites (tertiary alicyclic amines) is 1. The van der Waals surface area contributed by atoms with E-state index in [4.69, 9.17) is 5.73 Å². The summed E-state index contributed by atoms with van der Waals surface area (Å²) in [7, 11) is 0. The van der Waals surface area contributed by atoms with E-state index in [2.05, 4.69) is 0 Å². The van der Waals surface area contributed by atoms with Gasteiger partial charge in [0.25, 0.3) is 0 Å². The molecule has 1 heterocycles. The third-order valence-electron chi connectivity index (χ3n) is 2.04. The number of halogens is 1. The highest BCUT2D eigenvalue weighted by atomic mass is 19.1. The highest BCUT2D eigenvalue weighted by Gasteiger charge is 2.30. The number of rotatable bonds is 0. The van der Waals surface area contributed by atoms with E-state index >= 15 is 0 Å². The lowest BCUT2D eigenvalue weighted by atomic mass is 10.0. The summed E-state index contributed by atoms with van der Waals surface area (Å²) < 4.78 is 12.9. The molecule has 0 aromatic rings. The van der Waals surface area contributed by atoms with Gasteiger partial charge in [0.15, 0.2) is 5.79 Å². The minimum atomic E-state index is -1.55. The number of carbonyl (C=O) groups excluding carboxylic acids is 1. The molecular weight excluding hydrogens is 147 g/mol. The predicted molar refractivity (Wildman–Crippen MR) is 39.5 cm³/mol. The van der Waals surface area contributed by atoms with Gasteiger partial charge in [-0.15, -0.1) is 0 Å². The molecule has 1 aliphatic rings. The van der Waals surface area contributed by atoms with E-state index in [0.717, 1.165) is 0 Å². The zero-order valence-corrected chi connectivity index (χ0v) is 6.64. The van der Waals surface area contributed by atoms with Crippen LogP contribution in [0.5, 0.6) is 0 Å². The normalized spacial score (nSPS) is 23.4. The van der Waals surface area contributed by atoms with Crippen molar-refractivity contribution in [1.82, 2.24) is 4.90 Å². The maximum Gasteiger partial charge on any atom is 0.219 e. The molecule has 3 nitrogen and oxygen atoms in total. The average Bonchev–Trinajstić information content (AvgIpc) is 1.86. The van der Waals surface area contributed by atoms with E-state index in [1.807, 2.05) is 0 Å². The van der Waals surface area contributed by atoms with Crippen LogP contribution in [0, 0.1) is 0 Å². The second-order valence-electron chi connectivity index (χ2n) is 3.04. The molecule has 0 bridgehead atoms. The molecule has 1 amide bonds. The molecule has 1 aliphatic heterocycles. The summed E-state index contributed by atoms with van der Waals surface area (Å²) in [6, 6.07) is 0. The van der Waals surface area contributed by atoms with Crippen LogP contribution < -0.4 is 5.73 Å². The summed E-state index contributed by atoms with van der Waals surface area (Å²) in [5.41, 5.74) is 5.24. The van der Waals surface area contributed by atoms with Crippen molar-refractivity contribution in [3.8, 4) is 0 Å². The molecular formula is C7H13FN2O. The molecule has 0 atom stereocenters. The summed E-state index contributed by atoms with van der Waals surface area (Å²) in [6.45, 7) is 2.38. The Morgan fingerprint density at radius 2 is 2.00 bits per heavy atom. The molecule has 1 fully saturated rings. The monoisotopic (exact) mass is 160 g/mol. The van der Waals surface area contributed by atoms with E-state index in [9.17, 15) is 9.18 Å².